The van der Waals surface area contributed by atoms with Gasteiger partial charge >= 0.3 is 0 Å². The van der Waals surface area contributed by atoms with E-state index in [9.17, 15) is 9.59 Å². The summed E-state index contributed by atoms with van der Waals surface area (Å²) in [5.74, 6) is 0.174. The molecule has 2 fully saturated rings. The van der Waals surface area contributed by atoms with Crippen LogP contribution in [0.3, 0.4) is 0 Å². The van der Waals surface area contributed by atoms with Gasteiger partial charge in [0.05, 0.1) is 11.1 Å². The molecule has 26 heavy (non-hydrogen) atoms. The summed E-state index contributed by atoms with van der Waals surface area (Å²) < 4.78 is 3.85. The van der Waals surface area contributed by atoms with Gasteiger partial charge in [-0.2, -0.15) is 0 Å². The molecule has 3 heterocycles. The molecule has 0 saturated carbocycles. The first-order valence-electron chi connectivity index (χ1n) is 9.01. The summed E-state index contributed by atoms with van der Waals surface area (Å²) in [6.45, 7) is 4.48. The number of carbonyl (C=O) groups is 2. The van der Waals surface area contributed by atoms with Crippen LogP contribution in [0.15, 0.2) is 30.3 Å². The van der Waals surface area contributed by atoms with Crippen LogP contribution < -0.4 is 0 Å². The molecule has 1 aromatic heterocycles. The van der Waals surface area contributed by atoms with Crippen molar-refractivity contribution >= 4 is 23.3 Å². The second-order valence-electron chi connectivity index (χ2n) is 7.22. The fourth-order valence-corrected chi connectivity index (χ4v) is 4.64. The number of rotatable bonds is 4. The van der Waals surface area contributed by atoms with E-state index in [0.29, 0.717) is 23.7 Å². The van der Waals surface area contributed by atoms with Crippen LogP contribution >= 0.6 is 11.5 Å². The fourth-order valence-electron chi connectivity index (χ4n) is 4.01. The van der Waals surface area contributed by atoms with E-state index in [2.05, 4.69) is 21.7 Å². The van der Waals surface area contributed by atoms with Gasteiger partial charge in [-0.1, -0.05) is 34.8 Å². The molecule has 1 aromatic carbocycles. The van der Waals surface area contributed by atoms with Crippen molar-refractivity contribution in [3.05, 3.63) is 46.5 Å². The molecule has 2 aliphatic heterocycles. The number of nitrogens with zero attached hydrogens (tertiary/aromatic N) is 4. The maximum atomic E-state index is 13.0. The van der Waals surface area contributed by atoms with E-state index in [-0.39, 0.29) is 11.8 Å². The highest BCUT2D eigenvalue weighted by Gasteiger charge is 2.51. The predicted molar refractivity (Wildman–Crippen MR) is 98.9 cm³/mol. The lowest BCUT2D eigenvalue weighted by atomic mass is 9.85. The lowest BCUT2D eigenvalue weighted by Gasteiger charge is -2.23. The summed E-state index contributed by atoms with van der Waals surface area (Å²) in [6, 6.07) is 10.2. The van der Waals surface area contributed by atoms with Crippen LogP contribution in [0.25, 0.3) is 0 Å². The molecule has 7 heteroatoms. The molecular formula is C19H22N4O2S. The Labute approximate surface area is 157 Å². The van der Waals surface area contributed by atoms with Gasteiger partial charge in [0.25, 0.3) is 5.91 Å². The van der Waals surface area contributed by atoms with Crippen LogP contribution in [0.1, 0.15) is 33.8 Å². The van der Waals surface area contributed by atoms with Gasteiger partial charge in [-0.15, -0.1) is 5.10 Å². The first-order chi connectivity index (χ1) is 12.6. The number of benzene rings is 1. The van der Waals surface area contributed by atoms with Gasteiger partial charge < -0.3 is 9.80 Å². The van der Waals surface area contributed by atoms with Gasteiger partial charge in [0, 0.05) is 26.2 Å². The molecule has 6 nitrogen and oxygen atoms in total. The molecule has 2 aromatic rings. The molecule has 1 atom stereocenters. The van der Waals surface area contributed by atoms with Crippen molar-refractivity contribution in [2.45, 2.75) is 26.2 Å². The molecule has 1 spiro atoms. The van der Waals surface area contributed by atoms with Gasteiger partial charge in [0.1, 0.15) is 4.88 Å². The maximum Gasteiger partial charge on any atom is 0.267 e. The average Bonchev–Trinajstić information content (AvgIpc) is 3.36. The van der Waals surface area contributed by atoms with E-state index in [1.165, 1.54) is 5.56 Å². The lowest BCUT2D eigenvalue weighted by molar-refractivity contribution is -0.135. The number of carbonyl (C=O) groups excluding carboxylic acids is 2. The standard InChI is InChI=1S/C19H22N4O2S/c1-14-16(26-21-20-14)17(24)23-12-9-19(13-23)8-11-22(18(19)25)10-7-15-5-3-2-4-6-15/h2-6H,7-13H2,1H3. The van der Waals surface area contributed by atoms with E-state index < -0.39 is 5.41 Å². The third kappa shape index (κ3) is 3.00. The Morgan fingerprint density at radius 3 is 2.73 bits per heavy atom. The highest BCUT2D eigenvalue weighted by atomic mass is 32.1. The molecule has 0 aliphatic carbocycles. The van der Waals surface area contributed by atoms with Gasteiger partial charge in [-0.3, -0.25) is 9.59 Å². The Morgan fingerprint density at radius 1 is 1.23 bits per heavy atom. The third-order valence-electron chi connectivity index (χ3n) is 5.60. The highest BCUT2D eigenvalue weighted by molar-refractivity contribution is 7.07. The maximum absolute atomic E-state index is 13.0. The zero-order valence-corrected chi connectivity index (χ0v) is 15.7. The monoisotopic (exact) mass is 370 g/mol. The van der Waals surface area contributed by atoms with Crippen molar-refractivity contribution < 1.29 is 9.59 Å². The molecule has 136 valence electrons. The number of aryl methyl sites for hydroxylation is 1. The van der Waals surface area contributed by atoms with Crippen molar-refractivity contribution in [1.82, 2.24) is 19.4 Å². The number of hydrogen-bond donors (Lipinski definition) is 0. The molecular weight excluding hydrogens is 348 g/mol. The van der Waals surface area contributed by atoms with Gasteiger partial charge in [-0.25, -0.2) is 0 Å². The van der Waals surface area contributed by atoms with Crippen molar-refractivity contribution in [2.24, 2.45) is 5.41 Å². The summed E-state index contributed by atoms with van der Waals surface area (Å²) in [7, 11) is 0. The minimum Gasteiger partial charge on any atom is -0.342 e. The summed E-state index contributed by atoms with van der Waals surface area (Å²) in [6.07, 6.45) is 2.46. The molecule has 4 rings (SSSR count). The molecule has 2 saturated heterocycles. The van der Waals surface area contributed by atoms with Crippen molar-refractivity contribution in [3.63, 3.8) is 0 Å². The Bertz CT molecular complexity index is 822. The summed E-state index contributed by atoms with van der Waals surface area (Å²) in [4.78, 5) is 30.1. The van der Waals surface area contributed by atoms with Crippen LogP contribution in [0.2, 0.25) is 0 Å². The zero-order chi connectivity index (χ0) is 18.1. The zero-order valence-electron chi connectivity index (χ0n) is 14.9. The second-order valence-corrected chi connectivity index (χ2v) is 7.98. The Balaban J connectivity index is 1.40. The largest absolute Gasteiger partial charge is 0.342 e. The van der Waals surface area contributed by atoms with E-state index >= 15 is 0 Å². The number of amides is 2. The minimum atomic E-state index is -0.391. The van der Waals surface area contributed by atoms with Gasteiger partial charge in [0.15, 0.2) is 0 Å². The van der Waals surface area contributed by atoms with Crippen LogP contribution in [0, 0.1) is 12.3 Å². The second kappa shape index (κ2) is 6.79. The van der Waals surface area contributed by atoms with Crippen LogP contribution in [0.4, 0.5) is 0 Å². The quantitative estimate of drug-likeness (QED) is 0.827. The van der Waals surface area contributed by atoms with Crippen LogP contribution in [-0.4, -0.2) is 57.4 Å². The molecule has 1 unspecified atom stereocenters. The number of hydrogen-bond acceptors (Lipinski definition) is 5. The first kappa shape index (κ1) is 17.1. The first-order valence-corrected chi connectivity index (χ1v) is 9.78. The minimum absolute atomic E-state index is 0.0371. The number of aromatic nitrogens is 2. The van der Waals surface area contributed by atoms with E-state index in [1.807, 2.05) is 23.1 Å². The highest BCUT2D eigenvalue weighted by Crippen LogP contribution is 2.41. The molecule has 2 amide bonds. The summed E-state index contributed by atoms with van der Waals surface area (Å²) in [5.41, 5.74) is 1.53. The summed E-state index contributed by atoms with van der Waals surface area (Å²) >= 11 is 1.13. The lowest BCUT2D eigenvalue weighted by Crippen LogP contribution is -2.39. The van der Waals surface area contributed by atoms with E-state index in [0.717, 1.165) is 43.9 Å². The SMILES string of the molecule is Cc1nnsc1C(=O)N1CCC2(CCN(CCc3ccccc3)C2=O)C1. The van der Waals surface area contributed by atoms with Gasteiger partial charge in [0.2, 0.25) is 5.91 Å². The van der Waals surface area contributed by atoms with Gasteiger partial charge in [-0.05, 0) is 43.3 Å². The molecule has 0 N–H and O–H groups in total. The van der Waals surface area contributed by atoms with Crippen molar-refractivity contribution in [3.8, 4) is 0 Å². The predicted octanol–water partition coefficient (Wildman–Crippen LogP) is 2.15. The topological polar surface area (TPSA) is 66.4 Å². The van der Waals surface area contributed by atoms with Crippen LogP contribution in [0.5, 0.6) is 0 Å². The Kier molecular flexibility index (Phi) is 4.48. The summed E-state index contributed by atoms with van der Waals surface area (Å²) in [5, 5.41) is 3.92. The average molecular weight is 370 g/mol. The Morgan fingerprint density at radius 2 is 2.00 bits per heavy atom. The number of likely N-dealkylation sites (tertiary alicyclic amines) is 2. The third-order valence-corrected chi connectivity index (χ3v) is 6.42. The van der Waals surface area contributed by atoms with Crippen molar-refractivity contribution in [2.75, 3.05) is 26.2 Å². The Hall–Kier alpha value is -2.28. The smallest absolute Gasteiger partial charge is 0.267 e. The normalized spacial score (nSPS) is 22.6. The molecule has 0 radical (unpaired) electrons. The van der Waals surface area contributed by atoms with Crippen LogP contribution in [-0.2, 0) is 11.2 Å². The molecule has 0 bridgehead atoms. The molecule has 2 aliphatic rings. The van der Waals surface area contributed by atoms with Crippen molar-refractivity contribution in [1.29, 1.82) is 0 Å². The van der Waals surface area contributed by atoms with E-state index in [4.69, 9.17) is 0 Å². The van der Waals surface area contributed by atoms with E-state index in [1.54, 1.807) is 11.8 Å². The fraction of sp³-hybridized carbons (Fsp3) is 0.474.